The van der Waals surface area contributed by atoms with E-state index in [1.807, 2.05) is 0 Å². The summed E-state index contributed by atoms with van der Waals surface area (Å²) in [6.07, 6.45) is 8.02. The van der Waals surface area contributed by atoms with Crippen molar-refractivity contribution < 1.29 is 4.74 Å². The maximum Gasteiger partial charge on any atom is 0.0591 e. The van der Waals surface area contributed by atoms with E-state index in [9.17, 15) is 0 Å². The Morgan fingerprint density at radius 2 is 1.94 bits per heavy atom. The van der Waals surface area contributed by atoms with Crippen LogP contribution in [0.4, 0.5) is 0 Å². The molecule has 1 aliphatic carbocycles. The van der Waals surface area contributed by atoms with Crippen LogP contribution >= 0.6 is 0 Å². The molecule has 0 aromatic carbocycles. The Morgan fingerprint density at radius 3 is 2.47 bits per heavy atom. The third kappa shape index (κ3) is 3.67. The normalized spacial score (nSPS) is 40.4. The number of nitrogens with one attached hydrogen (secondary N) is 1. The lowest BCUT2D eigenvalue weighted by atomic mass is 9.73. The number of ether oxygens (including phenoxy) is 1. The molecule has 4 atom stereocenters. The second kappa shape index (κ2) is 6.17. The molecule has 0 amide bonds. The Morgan fingerprint density at radius 1 is 1.24 bits per heavy atom. The number of hydrazine groups is 1. The van der Waals surface area contributed by atoms with E-state index >= 15 is 0 Å². The molecule has 0 bridgehead atoms. The molecular formula is C14H28N2O. The van der Waals surface area contributed by atoms with Gasteiger partial charge in [0.05, 0.1) is 6.10 Å². The fraction of sp³-hybridized carbons (Fsp3) is 1.00. The third-order valence-electron chi connectivity index (χ3n) is 4.54. The van der Waals surface area contributed by atoms with Crippen LogP contribution in [-0.4, -0.2) is 18.8 Å². The van der Waals surface area contributed by atoms with E-state index in [2.05, 4.69) is 19.3 Å². The van der Waals surface area contributed by atoms with Gasteiger partial charge in [0.1, 0.15) is 0 Å². The molecule has 100 valence electrons. The fourth-order valence-corrected chi connectivity index (χ4v) is 3.85. The predicted molar refractivity (Wildman–Crippen MR) is 70.4 cm³/mol. The molecule has 0 aromatic rings. The van der Waals surface area contributed by atoms with Gasteiger partial charge >= 0.3 is 0 Å². The monoisotopic (exact) mass is 240 g/mol. The van der Waals surface area contributed by atoms with Gasteiger partial charge in [-0.1, -0.05) is 13.8 Å². The molecule has 1 aliphatic heterocycles. The lowest BCUT2D eigenvalue weighted by Crippen LogP contribution is -2.45. The Bertz CT molecular complexity index is 218. The van der Waals surface area contributed by atoms with Gasteiger partial charge in [0, 0.05) is 12.6 Å². The molecule has 0 spiro atoms. The average molecular weight is 240 g/mol. The first-order valence-corrected chi connectivity index (χ1v) is 7.26. The molecule has 17 heavy (non-hydrogen) atoms. The molecule has 3 N–H and O–H groups in total. The molecule has 1 saturated heterocycles. The first-order valence-electron chi connectivity index (χ1n) is 7.26. The SMILES string of the molecule is CC1CC(C)CC(C(CC2CCCO2)NN)C1. The van der Waals surface area contributed by atoms with Crippen LogP contribution in [0.5, 0.6) is 0 Å². The topological polar surface area (TPSA) is 47.3 Å². The lowest BCUT2D eigenvalue weighted by molar-refractivity contribution is 0.0749. The van der Waals surface area contributed by atoms with Crippen molar-refractivity contribution in [1.29, 1.82) is 0 Å². The second-order valence-corrected chi connectivity index (χ2v) is 6.32. The molecular weight excluding hydrogens is 212 g/mol. The van der Waals surface area contributed by atoms with Crippen molar-refractivity contribution in [2.75, 3.05) is 6.61 Å². The van der Waals surface area contributed by atoms with E-state index < -0.39 is 0 Å². The lowest BCUT2D eigenvalue weighted by Gasteiger charge is -2.37. The molecule has 4 unspecified atom stereocenters. The summed E-state index contributed by atoms with van der Waals surface area (Å²) in [6, 6.07) is 0.447. The maximum atomic E-state index is 5.77. The molecule has 2 rings (SSSR count). The first kappa shape index (κ1) is 13.3. The van der Waals surface area contributed by atoms with Crippen LogP contribution in [0.2, 0.25) is 0 Å². The van der Waals surface area contributed by atoms with E-state index in [0.717, 1.165) is 30.8 Å². The zero-order valence-electron chi connectivity index (χ0n) is 11.3. The third-order valence-corrected chi connectivity index (χ3v) is 4.54. The Kier molecular flexibility index (Phi) is 4.83. The zero-order chi connectivity index (χ0) is 12.3. The maximum absolute atomic E-state index is 5.77. The minimum absolute atomic E-state index is 0.447. The molecule has 3 heteroatoms. The van der Waals surface area contributed by atoms with Crippen LogP contribution in [0.3, 0.4) is 0 Å². The van der Waals surface area contributed by atoms with Crippen molar-refractivity contribution >= 4 is 0 Å². The van der Waals surface area contributed by atoms with E-state index in [4.69, 9.17) is 10.6 Å². The van der Waals surface area contributed by atoms with E-state index in [0.29, 0.717) is 12.1 Å². The van der Waals surface area contributed by atoms with Gasteiger partial charge in [-0.05, 0) is 56.3 Å². The van der Waals surface area contributed by atoms with E-state index in [1.54, 1.807) is 0 Å². The number of hydrogen-bond acceptors (Lipinski definition) is 3. The number of nitrogens with two attached hydrogens (primary N) is 1. The zero-order valence-corrected chi connectivity index (χ0v) is 11.3. The van der Waals surface area contributed by atoms with Gasteiger partial charge in [0.2, 0.25) is 0 Å². The van der Waals surface area contributed by atoms with Gasteiger partial charge in [0.25, 0.3) is 0 Å². The molecule has 1 saturated carbocycles. The number of hydrogen-bond donors (Lipinski definition) is 2. The van der Waals surface area contributed by atoms with Gasteiger partial charge in [-0.15, -0.1) is 0 Å². The average Bonchev–Trinajstić information content (AvgIpc) is 2.77. The van der Waals surface area contributed by atoms with Crippen LogP contribution in [0.1, 0.15) is 52.4 Å². The molecule has 1 heterocycles. The molecule has 2 aliphatic rings. The molecule has 2 fully saturated rings. The highest BCUT2D eigenvalue weighted by Crippen LogP contribution is 2.36. The van der Waals surface area contributed by atoms with Crippen molar-refractivity contribution in [3.05, 3.63) is 0 Å². The van der Waals surface area contributed by atoms with Crippen LogP contribution in [-0.2, 0) is 4.74 Å². The molecule has 0 radical (unpaired) electrons. The fourth-order valence-electron chi connectivity index (χ4n) is 3.85. The second-order valence-electron chi connectivity index (χ2n) is 6.32. The summed E-state index contributed by atoms with van der Waals surface area (Å²) in [5.41, 5.74) is 3.06. The largest absolute Gasteiger partial charge is 0.378 e. The molecule has 0 aromatic heterocycles. The van der Waals surface area contributed by atoms with Crippen molar-refractivity contribution in [2.24, 2.45) is 23.6 Å². The highest BCUT2D eigenvalue weighted by Gasteiger charge is 2.31. The van der Waals surface area contributed by atoms with Crippen molar-refractivity contribution in [3.8, 4) is 0 Å². The minimum atomic E-state index is 0.447. The van der Waals surface area contributed by atoms with Crippen LogP contribution in [0, 0.1) is 17.8 Å². The van der Waals surface area contributed by atoms with E-state index in [-0.39, 0.29) is 0 Å². The predicted octanol–water partition coefficient (Wildman–Crippen LogP) is 2.46. The summed E-state index contributed by atoms with van der Waals surface area (Å²) in [5.74, 6) is 8.21. The quantitative estimate of drug-likeness (QED) is 0.586. The summed E-state index contributed by atoms with van der Waals surface area (Å²) in [7, 11) is 0. The first-order chi connectivity index (χ1) is 8.19. The van der Waals surface area contributed by atoms with Gasteiger partial charge in [0.15, 0.2) is 0 Å². The highest BCUT2D eigenvalue weighted by atomic mass is 16.5. The summed E-state index contributed by atoms with van der Waals surface area (Å²) >= 11 is 0. The van der Waals surface area contributed by atoms with Gasteiger partial charge in [-0.25, -0.2) is 0 Å². The summed E-state index contributed by atoms with van der Waals surface area (Å²) in [5, 5.41) is 0. The van der Waals surface area contributed by atoms with Gasteiger partial charge in [-0.3, -0.25) is 11.3 Å². The Balaban J connectivity index is 1.87. The van der Waals surface area contributed by atoms with Crippen LogP contribution in [0.25, 0.3) is 0 Å². The van der Waals surface area contributed by atoms with Crippen molar-refractivity contribution in [1.82, 2.24) is 5.43 Å². The summed E-state index contributed by atoms with van der Waals surface area (Å²) in [6.45, 7) is 5.70. The van der Waals surface area contributed by atoms with Crippen LogP contribution in [0.15, 0.2) is 0 Å². The summed E-state index contributed by atoms with van der Waals surface area (Å²) < 4.78 is 5.73. The molecule has 3 nitrogen and oxygen atoms in total. The summed E-state index contributed by atoms with van der Waals surface area (Å²) in [4.78, 5) is 0. The van der Waals surface area contributed by atoms with Gasteiger partial charge in [-0.2, -0.15) is 0 Å². The smallest absolute Gasteiger partial charge is 0.0591 e. The highest BCUT2D eigenvalue weighted by molar-refractivity contribution is 4.85. The minimum Gasteiger partial charge on any atom is -0.378 e. The van der Waals surface area contributed by atoms with E-state index in [1.165, 1.54) is 32.1 Å². The van der Waals surface area contributed by atoms with Crippen molar-refractivity contribution in [2.45, 2.75) is 64.5 Å². The van der Waals surface area contributed by atoms with Crippen molar-refractivity contribution in [3.63, 3.8) is 0 Å². The standard InChI is InChI=1S/C14H28N2O/c1-10-6-11(2)8-12(7-10)14(16-15)9-13-4-3-5-17-13/h10-14,16H,3-9,15H2,1-2H3. The Labute approximate surface area is 105 Å². The van der Waals surface area contributed by atoms with Crippen LogP contribution < -0.4 is 11.3 Å². The Hall–Kier alpha value is -0.120. The number of rotatable bonds is 4. The van der Waals surface area contributed by atoms with Gasteiger partial charge < -0.3 is 4.74 Å².